The number of hydrogen-bond acceptors (Lipinski definition) is 18. The van der Waals surface area contributed by atoms with Crippen molar-refractivity contribution in [2.45, 2.75) is 113 Å². The molecule has 4 saturated heterocycles. The number of fused-ring (bicyclic) bond motifs is 5. The van der Waals surface area contributed by atoms with E-state index in [-0.39, 0.29) is 71.8 Å². The Hall–Kier alpha value is -7.24. The predicted octanol–water partition coefficient (Wildman–Crippen LogP) is 8.69. The highest BCUT2D eigenvalue weighted by Crippen LogP contribution is 2.55. The van der Waals surface area contributed by atoms with E-state index in [1.807, 2.05) is 42.7 Å². The molecule has 10 heterocycles. The zero-order chi connectivity index (χ0) is 56.6. The highest BCUT2D eigenvalue weighted by molar-refractivity contribution is 7.90. The number of nitro groups is 1. The molecule has 14 rings (SSSR count). The van der Waals surface area contributed by atoms with Crippen molar-refractivity contribution in [1.29, 1.82) is 0 Å². The SMILES string of the molecule is CC(C)Oc1ccccc1[C@@H]1CN([C@@H]2CCOc3ncccc32)CCN1C1CC2(CCN(c3ccc(C(=O)NS(=O)(=O)c4cc5c(c([N+](=O)[O-])c4)N[C@H](C4CCOCC4)CO5)c(N4c5cc6cc[nH]c6nc5O[C@H]5COCC[C@@H]54)c3)CC2)C1. The topological polar surface area (TPSA) is 228 Å². The van der Waals surface area contributed by atoms with Crippen molar-refractivity contribution in [3.05, 3.63) is 118 Å². The van der Waals surface area contributed by atoms with Crippen molar-refractivity contribution in [3.63, 3.8) is 0 Å². The van der Waals surface area contributed by atoms with E-state index in [1.165, 1.54) is 11.6 Å². The number of piperidine rings is 1. The Kier molecular flexibility index (Phi) is 14.1. The Morgan fingerprint density at radius 2 is 1.67 bits per heavy atom. The lowest BCUT2D eigenvalue weighted by atomic mass is 9.59. The minimum absolute atomic E-state index is 0.0242. The first-order valence-electron chi connectivity index (χ1n) is 29.5. The standard InChI is InChI=1S/C61H70N10O11S/c1-37(2)81-53-8-4-3-6-43(53)52-34-68(47-15-27-79-59-45(47)7-5-18-63-59)22-23-69(52)41-32-61(33-41)16-20-67(21-17-61)40-9-10-44(49(29-40)70-48-14-26-78-36-55(48)82-60-51(70)28-39-11-19-62-57(39)65-60)58(72)66-83(75,76)42-30-50(71(73)74)56-54(31-42)80-35-46(64-56)38-12-24-77-25-13-38/h3-11,18-19,28-31,37-38,41,46-48,52,55,64H,12-17,20-27,32-36H2,1-2H3,(H,62,65)(H,66,72)/t46-,47+,48-,52-,55-/m0/s1. The number of pyridine rings is 2. The number of hydrogen-bond donors (Lipinski definition) is 3. The van der Waals surface area contributed by atoms with Gasteiger partial charge in [0, 0.05) is 118 Å². The first kappa shape index (κ1) is 53.7. The van der Waals surface area contributed by atoms with Crippen molar-refractivity contribution >= 4 is 55.4 Å². The van der Waals surface area contributed by atoms with E-state index in [4.69, 9.17) is 33.4 Å². The van der Waals surface area contributed by atoms with Gasteiger partial charge < -0.3 is 48.5 Å². The second-order valence-corrected chi connectivity index (χ2v) is 25.6. The quantitative estimate of drug-likeness (QED) is 0.0769. The minimum Gasteiger partial charge on any atom is -0.491 e. The number of ether oxygens (including phenoxy) is 6. The fraction of sp³-hybridized carbons (Fsp3) is 0.492. The molecule has 3 aromatic carbocycles. The van der Waals surface area contributed by atoms with Crippen molar-refractivity contribution in [3.8, 4) is 23.3 Å². The van der Waals surface area contributed by atoms with Crippen LogP contribution in [0.2, 0.25) is 0 Å². The number of aromatic nitrogens is 3. The lowest BCUT2D eigenvalue weighted by Crippen LogP contribution is -2.60. The van der Waals surface area contributed by atoms with Gasteiger partial charge in [-0.3, -0.25) is 24.7 Å². The van der Waals surface area contributed by atoms with Gasteiger partial charge in [-0.2, -0.15) is 4.98 Å². The molecule has 7 aliphatic heterocycles. The molecule has 8 aliphatic rings. The van der Waals surface area contributed by atoms with Crippen LogP contribution in [0.4, 0.5) is 28.4 Å². The van der Waals surface area contributed by atoms with E-state index in [9.17, 15) is 23.3 Å². The molecule has 22 heteroatoms. The summed E-state index contributed by atoms with van der Waals surface area (Å²) < 4.78 is 67.9. The normalized spacial score (nSPS) is 24.7. The van der Waals surface area contributed by atoms with Crippen molar-refractivity contribution in [1.82, 2.24) is 29.5 Å². The Bertz CT molecular complexity index is 3560. The smallest absolute Gasteiger partial charge is 0.297 e. The molecule has 0 bridgehead atoms. The zero-order valence-electron chi connectivity index (χ0n) is 46.7. The molecule has 1 saturated carbocycles. The first-order valence-corrected chi connectivity index (χ1v) is 30.9. The molecule has 5 fully saturated rings. The van der Waals surface area contributed by atoms with Crippen LogP contribution in [0.1, 0.15) is 98.8 Å². The molecule has 83 heavy (non-hydrogen) atoms. The van der Waals surface area contributed by atoms with E-state index in [0.29, 0.717) is 61.8 Å². The molecule has 1 spiro atoms. The maximum atomic E-state index is 15.0. The number of anilines is 4. The van der Waals surface area contributed by atoms with Crippen LogP contribution in [0.5, 0.6) is 23.3 Å². The van der Waals surface area contributed by atoms with E-state index in [1.54, 1.807) is 6.07 Å². The van der Waals surface area contributed by atoms with E-state index >= 15 is 0 Å². The fourth-order valence-electron chi connectivity index (χ4n) is 14.5. The van der Waals surface area contributed by atoms with Gasteiger partial charge in [-0.05, 0) is 113 Å². The molecule has 3 aromatic heterocycles. The number of rotatable bonds is 12. The highest BCUT2D eigenvalue weighted by Gasteiger charge is 2.51. The summed E-state index contributed by atoms with van der Waals surface area (Å²) in [5.41, 5.74) is 4.94. The Morgan fingerprint density at radius 1 is 0.855 bits per heavy atom. The first-order chi connectivity index (χ1) is 40.3. The number of aromatic amines is 1. The van der Waals surface area contributed by atoms with Crippen molar-refractivity contribution in [2.24, 2.45) is 11.3 Å². The molecule has 5 atom stereocenters. The average Bonchev–Trinajstić information content (AvgIpc) is 4.15. The van der Waals surface area contributed by atoms with Gasteiger partial charge in [0.1, 0.15) is 29.8 Å². The van der Waals surface area contributed by atoms with Gasteiger partial charge in [0.2, 0.25) is 11.8 Å². The van der Waals surface area contributed by atoms with Crippen LogP contribution >= 0.6 is 0 Å². The summed E-state index contributed by atoms with van der Waals surface area (Å²) in [5, 5.41) is 16.7. The summed E-state index contributed by atoms with van der Waals surface area (Å²) in [7, 11) is -4.72. The van der Waals surface area contributed by atoms with Gasteiger partial charge in [-0.25, -0.2) is 18.1 Å². The van der Waals surface area contributed by atoms with Crippen LogP contribution in [0.3, 0.4) is 0 Å². The number of amides is 1. The maximum Gasteiger partial charge on any atom is 0.297 e. The monoisotopic (exact) mass is 1150 g/mol. The summed E-state index contributed by atoms with van der Waals surface area (Å²) in [6.45, 7) is 11.2. The number of nitrogens with one attached hydrogen (secondary N) is 3. The van der Waals surface area contributed by atoms with Crippen molar-refractivity contribution < 1.29 is 46.6 Å². The van der Waals surface area contributed by atoms with Crippen LogP contribution < -0.4 is 38.8 Å². The third kappa shape index (κ3) is 10.1. The summed E-state index contributed by atoms with van der Waals surface area (Å²) in [6, 6.07) is 24.7. The van der Waals surface area contributed by atoms with Crippen LogP contribution in [0, 0.1) is 21.4 Å². The third-order valence-corrected chi connectivity index (χ3v) is 20.1. The summed E-state index contributed by atoms with van der Waals surface area (Å²) in [6.07, 6.45) is 10.4. The van der Waals surface area contributed by atoms with E-state index < -0.39 is 37.5 Å². The summed E-state index contributed by atoms with van der Waals surface area (Å²) in [5.74, 6) is 1.32. The molecular formula is C61H70N10O11S. The molecule has 436 valence electrons. The third-order valence-electron chi connectivity index (χ3n) is 18.8. The van der Waals surface area contributed by atoms with Crippen LogP contribution in [-0.2, 0) is 19.5 Å². The number of para-hydroxylation sites is 1. The van der Waals surface area contributed by atoms with E-state index in [0.717, 1.165) is 112 Å². The summed E-state index contributed by atoms with van der Waals surface area (Å²) >= 11 is 0. The van der Waals surface area contributed by atoms with E-state index in [2.05, 4.69) is 83.8 Å². The largest absolute Gasteiger partial charge is 0.491 e. The van der Waals surface area contributed by atoms with Crippen molar-refractivity contribution in [2.75, 3.05) is 87.5 Å². The number of benzene rings is 3. The molecule has 1 amide bonds. The van der Waals surface area contributed by atoms with Gasteiger partial charge in [-0.1, -0.05) is 24.3 Å². The molecular weight excluding hydrogens is 1080 g/mol. The lowest BCUT2D eigenvalue weighted by molar-refractivity contribution is -0.384. The molecule has 21 nitrogen and oxygen atoms in total. The van der Waals surface area contributed by atoms with Crippen LogP contribution in [-0.4, -0.2) is 147 Å². The second-order valence-electron chi connectivity index (χ2n) is 24.0. The van der Waals surface area contributed by atoms with Gasteiger partial charge in [0.05, 0.1) is 58.5 Å². The van der Waals surface area contributed by atoms with Gasteiger partial charge in [-0.15, -0.1) is 0 Å². The van der Waals surface area contributed by atoms with Gasteiger partial charge in [0.15, 0.2) is 11.4 Å². The Labute approximate surface area is 482 Å². The zero-order valence-corrected chi connectivity index (χ0v) is 47.6. The number of carbonyl (C=O) groups excluding carboxylic acids is 1. The molecule has 6 aromatic rings. The number of sulfonamides is 1. The maximum absolute atomic E-state index is 15.0. The van der Waals surface area contributed by atoms with Crippen LogP contribution in [0.15, 0.2) is 96.2 Å². The number of piperazine rings is 1. The number of carbonyl (C=O) groups is 1. The number of nitro benzene ring substituents is 1. The number of H-pyrrole nitrogens is 1. The Morgan fingerprint density at radius 3 is 2.51 bits per heavy atom. The highest BCUT2D eigenvalue weighted by atomic mass is 32.2. The molecule has 1 aliphatic carbocycles. The summed E-state index contributed by atoms with van der Waals surface area (Å²) in [4.78, 5) is 49.0. The molecule has 0 radical (unpaired) electrons. The second kappa shape index (κ2) is 21.7. The molecule has 0 unspecified atom stereocenters. The lowest BCUT2D eigenvalue weighted by Gasteiger charge is -2.58. The average molecular weight is 1150 g/mol. The predicted molar refractivity (Wildman–Crippen MR) is 310 cm³/mol. The number of nitrogens with zero attached hydrogens (tertiary/aromatic N) is 7. The fourth-order valence-corrected chi connectivity index (χ4v) is 15.5. The van der Waals surface area contributed by atoms with Gasteiger partial charge >= 0.3 is 0 Å². The Balaban J connectivity index is 0.740. The van der Waals surface area contributed by atoms with Gasteiger partial charge in [0.25, 0.3) is 21.6 Å². The minimum atomic E-state index is -4.72. The molecule has 3 N–H and O–H groups in total. The van der Waals surface area contributed by atoms with Crippen LogP contribution in [0.25, 0.3) is 11.0 Å².